The van der Waals surface area contributed by atoms with Gasteiger partial charge >= 0.3 is 0 Å². The molecule has 2 atom stereocenters. The third-order valence-corrected chi connectivity index (χ3v) is 3.49. The normalized spacial score (nSPS) is 14.2. The molecule has 0 bridgehead atoms. The van der Waals surface area contributed by atoms with E-state index in [9.17, 15) is 0 Å². The van der Waals surface area contributed by atoms with Gasteiger partial charge in [0.15, 0.2) is 0 Å². The van der Waals surface area contributed by atoms with Crippen molar-refractivity contribution in [1.29, 1.82) is 0 Å². The quantitative estimate of drug-likeness (QED) is 0.671. The Kier molecular flexibility index (Phi) is 7.51. The lowest BCUT2D eigenvalue weighted by atomic mass is 9.93. The Morgan fingerprint density at radius 3 is 2.50 bits per heavy atom. The van der Waals surface area contributed by atoms with Crippen molar-refractivity contribution in [2.45, 2.75) is 46.1 Å². The van der Waals surface area contributed by atoms with Crippen LogP contribution in [0.2, 0.25) is 0 Å². The summed E-state index contributed by atoms with van der Waals surface area (Å²) in [5, 5.41) is 3.51. The first-order valence-corrected chi connectivity index (χ1v) is 7.19. The van der Waals surface area contributed by atoms with Crippen molar-refractivity contribution in [2.24, 2.45) is 5.92 Å². The maximum atomic E-state index is 5.72. The highest BCUT2D eigenvalue weighted by molar-refractivity contribution is 5.20. The number of nitrogens with one attached hydrogen (secondary N) is 1. The van der Waals surface area contributed by atoms with Gasteiger partial charge in [-0.1, -0.05) is 38.5 Å². The van der Waals surface area contributed by atoms with E-state index in [0.717, 1.165) is 31.2 Å². The third kappa shape index (κ3) is 5.54. The molecular weight excluding hydrogens is 222 g/mol. The number of hydrogen-bond acceptors (Lipinski definition) is 2. The second-order valence-electron chi connectivity index (χ2n) is 4.82. The van der Waals surface area contributed by atoms with Gasteiger partial charge in [-0.15, -0.1) is 0 Å². The fraction of sp³-hybridized carbons (Fsp3) is 0.625. The minimum atomic E-state index is 0.608. The number of ether oxygens (including phenoxy) is 1. The van der Waals surface area contributed by atoms with Crippen LogP contribution in [0.4, 0.5) is 0 Å². The summed E-state index contributed by atoms with van der Waals surface area (Å²) in [6.45, 7) is 8.60. The van der Waals surface area contributed by atoms with Crippen molar-refractivity contribution >= 4 is 0 Å². The molecule has 1 N–H and O–H groups in total. The first-order chi connectivity index (χ1) is 8.77. The molecule has 2 heteroatoms. The van der Waals surface area contributed by atoms with Crippen LogP contribution < -0.4 is 10.1 Å². The second-order valence-corrected chi connectivity index (χ2v) is 4.82. The molecule has 0 aliphatic heterocycles. The van der Waals surface area contributed by atoms with E-state index in [1.165, 1.54) is 12.8 Å². The molecule has 0 aliphatic carbocycles. The standard InChI is InChI=1S/C16H27NO/c1-4-15(14(3)17-5-2)10-9-13-18-16-11-7-6-8-12-16/h6-8,11-12,14-15,17H,4-5,9-10,13H2,1-3H3. The molecular formula is C16H27NO. The minimum Gasteiger partial charge on any atom is -0.494 e. The molecule has 18 heavy (non-hydrogen) atoms. The lowest BCUT2D eigenvalue weighted by Crippen LogP contribution is -2.33. The van der Waals surface area contributed by atoms with Crippen LogP contribution in [0.5, 0.6) is 5.75 Å². The van der Waals surface area contributed by atoms with Gasteiger partial charge in [-0.3, -0.25) is 0 Å². The SMILES string of the molecule is CCNC(C)C(CC)CCCOc1ccccc1. The largest absolute Gasteiger partial charge is 0.494 e. The lowest BCUT2D eigenvalue weighted by molar-refractivity contribution is 0.271. The Morgan fingerprint density at radius 2 is 1.89 bits per heavy atom. The number of para-hydroxylation sites is 1. The van der Waals surface area contributed by atoms with Gasteiger partial charge in [-0.25, -0.2) is 0 Å². The van der Waals surface area contributed by atoms with Crippen molar-refractivity contribution in [2.75, 3.05) is 13.2 Å². The Morgan fingerprint density at radius 1 is 1.17 bits per heavy atom. The molecule has 2 unspecified atom stereocenters. The number of benzene rings is 1. The van der Waals surface area contributed by atoms with Crippen LogP contribution >= 0.6 is 0 Å². The predicted molar refractivity (Wildman–Crippen MR) is 78.1 cm³/mol. The fourth-order valence-corrected chi connectivity index (χ4v) is 2.35. The topological polar surface area (TPSA) is 21.3 Å². The summed E-state index contributed by atoms with van der Waals surface area (Å²) < 4.78 is 5.72. The van der Waals surface area contributed by atoms with E-state index in [1.54, 1.807) is 0 Å². The van der Waals surface area contributed by atoms with Gasteiger partial charge in [-0.05, 0) is 44.4 Å². The van der Waals surface area contributed by atoms with Crippen molar-refractivity contribution in [3.05, 3.63) is 30.3 Å². The Bertz CT molecular complexity index is 299. The number of rotatable bonds is 9. The van der Waals surface area contributed by atoms with Gasteiger partial charge in [0.1, 0.15) is 5.75 Å². The fourth-order valence-electron chi connectivity index (χ4n) is 2.35. The van der Waals surface area contributed by atoms with E-state index < -0.39 is 0 Å². The van der Waals surface area contributed by atoms with Crippen LogP contribution in [-0.2, 0) is 0 Å². The Balaban J connectivity index is 2.19. The van der Waals surface area contributed by atoms with Gasteiger partial charge in [0, 0.05) is 6.04 Å². The highest BCUT2D eigenvalue weighted by Crippen LogP contribution is 2.16. The molecule has 0 saturated carbocycles. The molecule has 0 amide bonds. The minimum absolute atomic E-state index is 0.608. The summed E-state index contributed by atoms with van der Waals surface area (Å²) in [5.74, 6) is 1.73. The van der Waals surface area contributed by atoms with Crippen LogP contribution in [0.25, 0.3) is 0 Å². The van der Waals surface area contributed by atoms with Crippen LogP contribution in [0.15, 0.2) is 30.3 Å². The number of hydrogen-bond donors (Lipinski definition) is 1. The molecule has 0 spiro atoms. The van der Waals surface area contributed by atoms with Crippen LogP contribution in [0, 0.1) is 5.92 Å². The molecule has 0 aliphatic rings. The predicted octanol–water partition coefficient (Wildman–Crippen LogP) is 3.87. The average molecular weight is 249 g/mol. The molecule has 0 aromatic heterocycles. The zero-order valence-corrected chi connectivity index (χ0v) is 12.0. The Labute approximate surface area is 112 Å². The van der Waals surface area contributed by atoms with Gasteiger partial charge < -0.3 is 10.1 Å². The van der Waals surface area contributed by atoms with Crippen LogP contribution in [0.1, 0.15) is 40.0 Å². The molecule has 0 fully saturated rings. The molecule has 0 radical (unpaired) electrons. The van der Waals surface area contributed by atoms with Gasteiger partial charge in [0.2, 0.25) is 0 Å². The van der Waals surface area contributed by atoms with Crippen molar-refractivity contribution in [3.8, 4) is 5.75 Å². The molecule has 0 saturated heterocycles. The summed E-state index contributed by atoms with van der Waals surface area (Å²) in [6.07, 6.45) is 3.60. The monoisotopic (exact) mass is 249 g/mol. The van der Waals surface area contributed by atoms with Crippen molar-refractivity contribution in [1.82, 2.24) is 5.32 Å². The summed E-state index contributed by atoms with van der Waals surface area (Å²) in [7, 11) is 0. The maximum Gasteiger partial charge on any atom is 0.119 e. The van der Waals surface area contributed by atoms with Crippen molar-refractivity contribution in [3.63, 3.8) is 0 Å². The van der Waals surface area contributed by atoms with E-state index in [2.05, 4.69) is 26.1 Å². The molecule has 2 nitrogen and oxygen atoms in total. The van der Waals surface area contributed by atoms with E-state index in [1.807, 2.05) is 30.3 Å². The maximum absolute atomic E-state index is 5.72. The second kappa shape index (κ2) is 8.98. The Hall–Kier alpha value is -1.02. The smallest absolute Gasteiger partial charge is 0.119 e. The first kappa shape index (κ1) is 15.0. The summed E-state index contributed by atoms with van der Waals surface area (Å²) >= 11 is 0. The summed E-state index contributed by atoms with van der Waals surface area (Å²) in [4.78, 5) is 0. The molecule has 102 valence electrons. The first-order valence-electron chi connectivity index (χ1n) is 7.19. The highest BCUT2D eigenvalue weighted by atomic mass is 16.5. The van der Waals surface area contributed by atoms with E-state index in [4.69, 9.17) is 4.74 Å². The third-order valence-electron chi connectivity index (χ3n) is 3.49. The summed E-state index contributed by atoms with van der Waals surface area (Å²) in [6, 6.07) is 10.7. The van der Waals surface area contributed by atoms with Crippen molar-refractivity contribution < 1.29 is 4.74 Å². The van der Waals surface area contributed by atoms with E-state index in [0.29, 0.717) is 6.04 Å². The molecule has 1 rings (SSSR count). The van der Waals surface area contributed by atoms with Crippen LogP contribution in [0.3, 0.4) is 0 Å². The average Bonchev–Trinajstić information content (AvgIpc) is 2.40. The zero-order valence-electron chi connectivity index (χ0n) is 12.0. The van der Waals surface area contributed by atoms with E-state index in [-0.39, 0.29) is 0 Å². The molecule has 1 aromatic carbocycles. The van der Waals surface area contributed by atoms with Gasteiger partial charge in [0.05, 0.1) is 6.61 Å². The van der Waals surface area contributed by atoms with E-state index >= 15 is 0 Å². The van der Waals surface area contributed by atoms with Gasteiger partial charge in [-0.2, -0.15) is 0 Å². The van der Waals surface area contributed by atoms with Crippen LogP contribution in [-0.4, -0.2) is 19.2 Å². The van der Waals surface area contributed by atoms with Gasteiger partial charge in [0.25, 0.3) is 0 Å². The molecule has 0 heterocycles. The molecule has 1 aromatic rings. The zero-order chi connectivity index (χ0) is 13.2. The summed E-state index contributed by atoms with van der Waals surface area (Å²) in [5.41, 5.74) is 0. The highest BCUT2D eigenvalue weighted by Gasteiger charge is 2.13. The lowest BCUT2D eigenvalue weighted by Gasteiger charge is -2.23.